The maximum atomic E-state index is 6.19. The molecule has 0 radical (unpaired) electrons. The summed E-state index contributed by atoms with van der Waals surface area (Å²) in [7, 11) is 0. The lowest BCUT2D eigenvalue weighted by Crippen LogP contribution is -2.26. The van der Waals surface area contributed by atoms with Gasteiger partial charge in [0.1, 0.15) is 0 Å². The van der Waals surface area contributed by atoms with Crippen LogP contribution >= 0.6 is 23.2 Å². The second kappa shape index (κ2) is 5.25. The van der Waals surface area contributed by atoms with E-state index in [1.54, 1.807) is 0 Å². The van der Waals surface area contributed by atoms with E-state index in [-0.39, 0.29) is 5.41 Å². The van der Waals surface area contributed by atoms with Gasteiger partial charge in [-0.25, -0.2) is 0 Å². The molecular weight excluding hydrogens is 281 g/mol. The standard InChI is InChI=1S/C15H19Cl2NO/c1-2-19-6-5-15(11-8-18-9-12(11)15)10-3-4-13(16)14(17)7-10/h3-4,7,11-12,18H,2,5-6,8-9H2,1H3/t11-,12+,15-. The molecule has 0 unspecified atom stereocenters. The molecule has 1 aliphatic carbocycles. The van der Waals surface area contributed by atoms with Crippen molar-refractivity contribution in [2.45, 2.75) is 18.8 Å². The van der Waals surface area contributed by atoms with Gasteiger partial charge in [0.05, 0.1) is 10.0 Å². The molecule has 19 heavy (non-hydrogen) atoms. The molecule has 1 N–H and O–H groups in total. The normalized spacial score (nSPS) is 32.4. The number of halogens is 2. The number of piperidine rings is 1. The highest BCUT2D eigenvalue weighted by molar-refractivity contribution is 6.42. The van der Waals surface area contributed by atoms with E-state index in [0.29, 0.717) is 10.0 Å². The van der Waals surface area contributed by atoms with Crippen molar-refractivity contribution in [3.63, 3.8) is 0 Å². The predicted octanol–water partition coefficient (Wildman–Crippen LogP) is 3.51. The van der Waals surface area contributed by atoms with Gasteiger partial charge in [0.25, 0.3) is 0 Å². The molecule has 2 aliphatic rings. The number of hydrogen-bond donors (Lipinski definition) is 1. The molecule has 1 saturated heterocycles. The number of nitrogens with one attached hydrogen (secondary N) is 1. The molecule has 0 amide bonds. The van der Waals surface area contributed by atoms with E-state index in [9.17, 15) is 0 Å². The maximum absolute atomic E-state index is 6.19. The van der Waals surface area contributed by atoms with Crippen molar-refractivity contribution in [1.82, 2.24) is 5.32 Å². The first kappa shape index (κ1) is 13.7. The quantitative estimate of drug-likeness (QED) is 0.840. The Morgan fingerprint density at radius 1 is 1.26 bits per heavy atom. The van der Waals surface area contributed by atoms with Crippen molar-refractivity contribution >= 4 is 23.2 Å². The fourth-order valence-corrected chi connectivity index (χ4v) is 4.06. The molecule has 104 valence electrons. The van der Waals surface area contributed by atoms with Gasteiger partial charge in [0.2, 0.25) is 0 Å². The van der Waals surface area contributed by atoms with Crippen LogP contribution in [0.4, 0.5) is 0 Å². The third kappa shape index (κ3) is 2.19. The Morgan fingerprint density at radius 3 is 2.63 bits per heavy atom. The van der Waals surface area contributed by atoms with Crippen LogP contribution in [0.3, 0.4) is 0 Å². The highest BCUT2D eigenvalue weighted by Crippen LogP contribution is 2.64. The second-order valence-electron chi connectivity index (χ2n) is 5.49. The SMILES string of the molecule is CCOCC[C@@]1(c2ccc(Cl)c(Cl)c2)[C@@H]2CNC[C@@H]21. The van der Waals surface area contributed by atoms with Crippen molar-refractivity contribution in [1.29, 1.82) is 0 Å². The van der Waals surface area contributed by atoms with Gasteiger partial charge in [-0.2, -0.15) is 0 Å². The minimum atomic E-state index is 0.259. The number of fused-ring (bicyclic) bond motifs is 1. The summed E-state index contributed by atoms with van der Waals surface area (Å²) in [5, 5.41) is 4.76. The number of rotatable bonds is 5. The third-order valence-corrected chi connectivity index (χ3v) is 5.49. The van der Waals surface area contributed by atoms with E-state index in [4.69, 9.17) is 27.9 Å². The predicted molar refractivity (Wildman–Crippen MR) is 79.1 cm³/mol. The van der Waals surface area contributed by atoms with Crippen molar-refractivity contribution in [2.75, 3.05) is 26.3 Å². The van der Waals surface area contributed by atoms with Crippen LogP contribution in [0.15, 0.2) is 18.2 Å². The zero-order valence-corrected chi connectivity index (χ0v) is 12.6. The van der Waals surface area contributed by atoms with Gasteiger partial charge >= 0.3 is 0 Å². The molecule has 0 aromatic heterocycles. The maximum Gasteiger partial charge on any atom is 0.0595 e. The summed E-state index contributed by atoms with van der Waals surface area (Å²) in [5.41, 5.74) is 1.59. The van der Waals surface area contributed by atoms with Crippen LogP contribution in [0.2, 0.25) is 10.0 Å². The van der Waals surface area contributed by atoms with Crippen LogP contribution in [0.1, 0.15) is 18.9 Å². The molecule has 0 bridgehead atoms. The van der Waals surface area contributed by atoms with Crippen LogP contribution in [-0.2, 0) is 10.2 Å². The van der Waals surface area contributed by atoms with Crippen molar-refractivity contribution in [2.24, 2.45) is 11.8 Å². The Balaban J connectivity index is 1.85. The van der Waals surface area contributed by atoms with E-state index in [2.05, 4.69) is 11.4 Å². The average Bonchev–Trinajstić information content (AvgIpc) is 2.79. The van der Waals surface area contributed by atoms with Crippen molar-refractivity contribution in [3.05, 3.63) is 33.8 Å². The molecule has 1 saturated carbocycles. The first-order valence-electron chi connectivity index (χ1n) is 6.94. The van der Waals surface area contributed by atoms with Crippen molar-refractivity contribution in [3.8, 4) is 0 Å². The largest absolute Gasteiger partial charge is 0.382 e. The molecule has 3 rings (SSSR count). The zero-order valence-electron chi connectivity index (χ0n) is 11.1. The minimum Gasteiger partial charge on any atom is -0.382 e. The number of ether oxygens (including phenoxy) is 1. The molecule has 0 spiro atoms. The van der Waals surface area contributed by atoms with E-state index in [0.717, 1.165) is 44.6 Å². The molecule has 1 aromatic carbocycles. The topological polar surface area (TPSA) is 21.3 Å². The number of hydrogen-bond acceptors (Lipinski definition) is 2. The van der Waals surface area contributed by atoms with Crippen molar-refractivity contribution < 1.29 is 4.74 Å². The monoisotopic (exact) mass is 299 g/mol. The Hall–Kier alpha value is -0.280. The van der Waals surface area contributed by atoms with E-state index in [1.807, 2.05) is 19.1 Å². The molecule has 1 aromatic rings. The van der Waals surface area contributed by atoms with Crippen LogP contribution in [0.5, 0.6) is 0 Å². The fraction of sp³-hybridized carbons (Fsp3) is 0.600. The molecule has 2 nitrogen and oxygen atoms in total. The van der Waals surface area contributed by atoms with E-state index in [1.165, 1.54) is 5.56 Å². The van der Waals surface area contributed by atoms with Crippen LogP contribution in [-0.4, -0.2) is 26.3 Å². The van der Waals surface area contributed by atoms with Gasteiger partial charge in [-0.15, -0.1) is 0 Å². The second-order valence-corrected chi connectivity index (χ2v) is 6.30. The first-order valence-corrected chi connectivity index (χ1v) is 7.69. The Morgan fingerprint density at radius 2 is 2.00 bits per heavy atom. The molecule has 4 heteroatoms. The Labute approximate surface area is 124 Å². The summed E-state index contributed by atoms with van der Waals surface area (Å²) in [6.45, 7) is 5.87. The van der Waals surface area contributed by atoms with Crippen LogP contribution in [0.25, 0.3) is 0 Å². The van der Waals surface area contributed by atoms with Crippen LogP contribution < -0.4 is 5.32 Å². The smallest absolute Gasteiger partial charge is 0.0595 e. The zero-order chi connectivity index (χ0) is 13.5. The van der Waals surface area contributed by atoms with E-state index < -0.39 is 0 Å². The third-order valence-electron chi connectivity index (χ3n) is 4.75. The van der Waals surface area contributed by atoms with Gasteiger partial charge in [-0.3, -0.25) is 0 Å². The van der Waals surface area contributed by atoms with Gasteiger partial charge in [-0.05, 0) is 56.0 Å². The Bertz CT molecular complexity index is 467. The summed E-state index contributed by atoms with van der Waals surface area (Å²) in [5.74, 6) is 1.45. The molecule has 2 fully saturated rings. The summed E-state index contributed by atoms with van der Waals surface area (Å²) in [6, 6.07) is 6.11. The Kier molecular flexibility index (Phi) is 3.78. The molecule has 3 atom stereocenters. The summed E-state index contributed by atoms with van der Waals surface area (Å²) >= 11 is 12.2. The lowest BCUT2D eigenvalue weighted by Gasteiger charge is -2.22. The van der Waals surface area contributed by atoms with Crippen LogP contribution in [0, 0.1) is 11.8 Å². The highest BCUT2D eigenvalue weighted by atomic mass is 35.5. The molecule has 1 heterocycles. The minimum absolute atomic E-state index is 0.259. The molecular formula is C15H19Cl2NO. The highest BCUT2D eigenvalue weighted by Gasteiger charge is 2.66. The average molecular weight is 300 g/mol. The fourth-order valence-electron chi connectivity index (χ4n) is 3.76. The van der Waals surface area contributed by atoms with Gasteiger partial charge < -0.3 is 10.1 Å². The van der Waals surface area contributed by atoms with Gasteiger partial charge in [-0.1, -0.05) is 29.3 Å². The van der Waals surface area contributed by atoms with Gasteiger partial charge in [0, 0.05) is 18.6 Å². The lowest BCUT2D eigenvalue weighted by atomic mass is 9.87. The summed E-state index contributed by atoms with van der Waals surface area (Å²) in [4.78, 5) is 0. The van der Waals surface area contributed by atoms with Gasteiger partial charge in [0.15, 0.2) is 0 Å². The summed E-state index contributed by atoms with van der Waals surface area (Å²) in [6.07, 6.45) is 1.08. The van der Waals surface area contributed by atoms with E-state index >= 15 is 0 Å². The first-order chi connectivity index (χ1) is 9.20. The summed E-state index contributed by atoms with van der Waals surface area (Å²) < 4.78 is 5.57. The molecule has 1 aliphatic heterocycles. The lowest BCUT2D eigenvalue weighted by molar-refractivity contribution is 0.133. The number of benzene rings is 1.